The number of hydrogen-bond acceptors (Lipinski definition) is 0. The van der Waals surface area contributed by atoms with Crippen molar-refractivity contribution in [2.45, 2.75) is 344 Å². The standard InChI is InChI=1S/6C20H26.4CH4/c1-19(2,3)17-11-7-15(8-12-17)16-9-13-18(14-10-16)20(4,5)6;1-19(2,3)17-11-7-9-15(13-17)16-10-8-12-18(14-16)20(4,5)6;1-19(2,3)17-13-9-7-11-15(17)16-12-8-10-14-18(16)20(4,5)6;1-19(2,3)16-11-9-10-15(14-16)17-12-7-8-13-18(17)20(4,5)6;1-19(2,3)17-12-10-15(11-13-17)16-8-7-9-18(14-16)20(4,5)6;1-19(2,3)16-13-11-15(12-14-16)17-9-7-8-10-18(17)20(4,5)6;;;;/h6*7-14H,1-6H3;4*1H4. The lowest BCUT2D eigenvalue weighted by Gasteiger charge is -2.27. The smallest absolute Gasteiger partial charge is 0.0126 e. The minimum atomic E-state index is 0. The van der Waals surface area contributed by atoms with Crippen molar-refractivity contribution in [3.8, 4) is 66.8 Å². The van der Waals surface area contributed by atoms with Crippen molar-refractivity contribution in [2.75, 3.05) is 0 Å². The van der Waals surface area contributed by atoms with Crippen LogP contribution in [0, 0.1) is 0 Å². The maximum atomic E-state index is 2.34. The first-order valence-electron chi connectivity index (χ1n) is 44.4. The third kappa shape index (κ3) is 31.6. The van der Waals surface area contributed by atoms with E-state index in [0.717, 1.165) is 0 Å². The first-order valence-corrected chi connectivity index (χ1v) is 44.4. The molecule has 12 aromatic rings. The normalized spacial score (nSPS) is 12.1. The van der Waals surface area contributed by atoms with Gasteiger partial charge in [0.25, 0.3) is 0 Å². The monoisotopic (exact) mass is 1660 g/mol. The summed E-state index contributed by atoms with van der Waals surface area (Å²) in [6.07, 6.45) is 0. The van der Waals surface area contributed by atoms with E-state index in [-0.39, 0.29) is 94.7 Å². The second kappa shape index (κ2) is 43.2. The molecule has 668 valence electrons. The van der Waals surface area contributed by atoms with Crippen LogP contribution in [0.15, 0.2) is 291 Å². The van der Waals surface area contributed by atoms with Gasteiger partial charge in [-0.1, -0.05) is 570 Å². The molecule has 124 heavy (non-hydrogen) atoms. The molecule has 0 saturated heterocycles. The van der Waals surface area contributed by atoms with E-state index in [1.54, 1.807) is 0 Å². The van der Waals surface area contributed by atoms with E-state index < -0.39 is 0 Å². The van der Waals surface area contributed by atoms with Gasteiger partial charge in [0.2, 0.25) is 0 Å². The van der Waals surface area contributed by atoms with E-state index in [1.807, 2.05) is 0 Å². The van der Waals surface area contributed by atoms with E-state index in [9.17, 15) is 0 Å². The molecule has 0 aromatic heterocycles. The summed E-state index contributed by atoms with van der Waals surface area (Å²) in [5.41, 5.74) is 34.8. The molecule has 0 N–H and O–H groups in total. The fraction of sp³-hybridized carbons (Fsp3) is 0.419. The molecule has 0 heteroatoms. The Balaban J connectivity index is 0.000000382. The SMILES string of the molecule is C.C.C.C.CC(C)(C)c1ccc(-c2ccc(C(C)(C)C)cc2)cc1.CC(C)(C)c1ccc(-c2cccc(C(C)(C)C)c2)cc1.CC(C)(C)c1ccc(-c2ccccc2C(C)(C)C)cc1.CC(C)(C)c1cccc(-c2cccc(C(C)(C)C)c2)c1.CC(C)(C)c1cccc(-c2ccccc2C(C)(C)C)c1.CC(C)(C)c1ccccc1-c1ccccc1C(C)(C)C. The van der Waals surface area contributed by atoms with Gasteiger partial charge in [0.05, 0.1) is 0 Å². The van der Waals surface area contributed by atoms with Gasteiger partial charge in [-0.15, -0.1) is 0 Å². The molecular weight excluding hydrogens is 1490 g/mol. The predicted octanol–water partition coefficient (Wildman–Crippen LogP) is 38.2. The van der Waals surface area contributed by atoms with Gasteiger partial charge in [0, 0.05) is 0 Å². The number of hydrogen-bond donors (Lipinski definition) is 0. The van der Waals surface area contributed by atoms with Crippen LogP contribution in [0.3, 0.4) is 0 Å². The zero-order valence-corrected chi connectivity index (χ0v) is 81.7. The Kier molecular flexibility index (Phi) is 37.9. The van der Waals surface area contributed by atoms with Crippen LogP contribution in [0.2, 0.25) is 0 Å². The molecule has 0 spiro atoms. The number of benzene rings is 12. The van der Waals surface area contributed by atoms with Crippen molar-refractivity contribution in [3.05, 3.63) is 358 Å². The van der Waals surface area contributed by atoms with E-state index in [2.05, 4.69) is 540 Å². The molecule has 0 atom stereocenters. The van der Waals surface area contributed by atoms with Gasteiger partial charge in [-0.05, 0) is 199 Å². The topological polar surface area (TPSA) is 0 Å². The maximum absolute atomic E-state index is 2.34. The Morgan fingerprint density at radius 3 is 0.492 bits per heavy atom. The van der Waals surface area contributed by atoms with Crippen LogP contribution in [0.1, 0.15) is 346 Å². The van der Waals surface area contributed by atoms with Crippen LogP contribution in [0.25, 0.3) is 66.8 Å². The predicted molar refractivity (Wildman–Crippen MR) is 563 cm³/mol. The second-order valence-corrected chi connectivity index (χ2v) is 45.8. The summed E-state index contributed by atoms with van der Waals surface area (Å²) in [7, 11) is 0. The van der Waals surface area contributed by atoms with Gasteiger partial charge in [0.1, 0.15) is 0 Å². The molecule has 0 radical (unpaired) electrons. The van der Waals surface area contributed by atoms with Crippen molar-refractivity contribution in [1.29, 1.82) is 0 Å². The summed E-state index contributed by atoms with van der Waals surface area (Å²) >= 11 is 0. The van der Waals surface area contributed by atoms with Crippen LogP contribution in [-0.4, -0.2) is 0 Å². The van der Waals surface area contributed by atoms with E-state index in [0.29, 0.717) is 0 Å². The molecule has 0 bridgehead atoms. The second-order valence-electron chi connectivity index (χ2n) is 45.8. The van der Waals surface area contributed by atoms with Crippen LogP contribution < -0.4 is 0 Å². The lowest BCUT2D eigenvalue weighted by molar-refractivity contribution is 0.585. The summed E-state index contributed by atoms with van der Waals surface area (Å²) in [6.45, 7) is 81.5. The molecular formula is C124H172. The zero-order chi connectivity index (χ0) is 89.8. The van der Waals surface area contributed by atoms with E-state index in [4.69, 9.17) is 0 Å². The highest BCUT2D eigenvalue weighted by molar-refractivity contribution is 5.75. The largest absolute Gasteiger partial charge is 0.0776 e. The minimum absolute atomic E-state index is 0. The molecule has 0 nitrogen and oxygen atoms in total. The molecule has 0 unspecified atom stereocenters. The third-order valence-corrected chi connectivity index (χ3v) is 22.8. The van der Waals surface area contributed by atoms with Gasteiger partial charge in [-0.2, -0.15) is 0 Å². The Labute approximate surface area is 763 Å². The molecule has 0 aliphatic rings. The molecule has 0 amide bonds. The quantitative estimate of drug-likeness (QED) is 0.156. The average Bonchev–Trinajstić information content (AvgIpc) is 0.905. The van der Waals surface area contributed by atoms with Crippen molar-refractivity contribution in [2.24, 2.45) is 0 Å². The Morgan fingerprint density at radius 2 is 0.274 bits per heavy atom. The zero-order valence-electron chi connectivity index (χ0n) is 81.7. The van der Waals surface area contributed by atoms with Gasteiger partial charge in [-0.25, -0.2) is 0 Å². The van der Waals surface area contributed by atoms with Crippen LogP contribution in [-0.2, 0) is 65.0 Å². The Morgan fingerprint density at radius 1 is 0.113 bits per heavy atom. The third-order valence-electron chi connectivity index (χ3n) is 22.8. The first-order chi connectivity index (χ1) is 55.1. The molecule has 0 aliphatic carbocycles. The van der Waals surface area contributed by atoms with Crippen molar-refractivity contribution < 1.29 is 0 Å². The Hall–Kier alpha value is -9.36. The highest BCUT2D eigenvalue weighted by Crippen LogP contribution is 2.42. The van der Waals surface area contributed by atoms with Crippen LogP contribution in [0.5, 0.6) is 0 Å². The van der Waals surface area contributed by atoms with Gasteiger partial charge in [-0.3, -0.25) is 0 Å². The van der Waals surface area contributed by atoms with Gasteiger partial charge < -0.3 is 0 Å². The van der Waals surface area contributed by atoms with Crippen LogP contribution >= 0.6 is 0 Å². The van der Waals surface area contributed by atoms with Gasteiger partial charge >= 0.3 is 0 Å². The fourth-order valence-corrected chi connectivity index (χ4v) is 14.8. The fourth-order valence-electron chi connectivity index (χ4n) is 14.8. The summed E-state index contributed by atoms with van der Waals surface area (Å²) < 4.78 is 0. The van der Waals surface area contributed by atoms with Crippen molar-refractivity contribution in [3.63, 3.8) is 0 Å². The van der Waals surface area contributed by atoms with Crippen molar-refractivity contribution in [1.82, 2.24) is 0 Å². The lowest BCUT2D eigenvalue weighted by Crippen LogP contribution is -2.16. The highest BCUT2D eigenvalue weighted by atomic mass is 14.3. The summed E-state index contributed by atoms with van der Waals surface area (Å²) in [6, 6.07) is 107. The maximum Gasteiger partial charge on any atom is -0.0126 e. The molecule has 12 aromatic carbocycles. The van der Waals surface area contributed by atoms with Gasteiger partial charge in [0.15, 0.2) is 0 Å². The molecule has 12 rings (SSSR count). The minimum Gasteiger partial charge on any atom is -0.0776 e. The average molecular weight is 1660 g/mol. The first kappa shape index (κ1) is 109. The van der Waals surface area contributed by atoms with Crippen LogP contribution in [0.4, 0.5) is 0 Å². The molecule has 0 heterocycles. The Bertz CT molecular complexity index is 5040. The molecule has 0 fully saturated rings. The van der Waals surface area contributed by atoms with E-state index in [1.165, 1.54) is 134 Å². The summed E-state index contributed by atoms with van der Waals surface area (Å²) in [5, 5.41) is 0. The molecule has 0 saturated carbocycles. The lowest BCUT2D eigenvalue weighted by atomic mass is 9.77. The number of rotatable bonds is 6. The van der Waals surface area contributed by atoms with E-state index >= 15 is 0 Å². The summed E-state index contributed by atoms with van der Waals surface area (Å²) in [5.74, 6) is 0. The molecule has 0 aliphatic heterocycles. The van der Waals surface area contributed by atoms with Crippen molar-refractivity contribution >= 4 is 0 Å². The highest BCUT2D eigenvalue weighted by Gasteiger charge is 2.27. The summed E-state index contributed by atoms with van der Waals surface area (Å²) in [4.78, 5) is 0.